The summed E-state index contributed by atoms with van der Waals surface area (Å²) in [5.74, 6) is -0.263. The fourth-order valence-corrected chi connectivity index (χ4v) is 1.56. The van der Waals surface area contributed by atoms with Gasteiger partial charge in [-0.3, -0.25) is 10.4 Å². The highest BCUT2D eigenvalue weighted by molar-refractivity contribution is 6.30. The molecule has 0 amide bonds. The molecule has 3 N–H and O–H groups in total. The molecule has 1 heterocycles. The first-order chi connectivity index (χ1) is 9.06. The topological polar surface area (TPSA) is 72.0 Å². The second-order valence-electron chi connectivity index (χ2n) is 3.83. The highest BCUT2D eigenvalue weighted by atomic mass is 35.5. The summed E-state index contributed by atoms with van der Waals surface area (Å²) in [7, 11) is 0. The van der Waals surface area contributed by atoms with Gasteiger partial charge in [0.1, 0.15) is 29.7 Å². The molecule has 0 radical (unpaired) electrons. The standard InChI is InChI=1S/C13H11ClFN3O/c14-10-2-1-9(6-11(10)15)19-7-8-3-4-18-12(5-8)13(16)17/h1-6H,7H2,(H3,16,17). The Morgan fingerprint density at radius 3 is 2.84 bits per heavy atom. The Balaban J connectivity index is 2.07. The number of nitrogen functional groups attached to an aromatic ring is 1. The molecule has 19 heavy (non-hydrogen) atoms. The maximum atomic E-state index is 13.2. The van der Waals surface area contributed by atoms with Gasteiger partial charge in [0.25, 0.3) is 0 Å². The Labute approximate surface area is 114 Å². The van der Waals surface area contributed by atoms with E-state index in [-0.39, 0.29) is 17.5 Å². The lowest BCUT2D eigenvalue weighted by Crippen LogP contribution is -2.13. The van der Waals surface area contributed by atoms with E-state index < -0.39 is 5.82 Å². The molecule has 0 saturated heterocycles. The molecule has 0 atom stereocenters. The first-order valence-corrected chi connectivity index (χ1v) is 5.81. The van der Waals surface area contributed by atoms with Crippen LogP contribution in [0.4, 0.5) is 4.39 Å². The summed E-state index contributed by atoms with van der Waals surface area (Å²) in [5, 5.41) is 7.34. The van der Waals surface area contributed by atoms with Crippen molar-refractivity contribution in [3.63, 3.8) is 0 Å². The Kier molecular flexibility index (Phi) is 3.97. The normalized spacial score (nSPS) is 10.2. The second-order valence-corrected chi connectivity index (χ2v) is 4.23. The first kappa shape index (κ1) is 13.3. The van der Waals surface area contributed by atoms with Crippen molar-refractivity contribution in [2.75, 3.05) is 0 Å². The van der Waals surface area contributed by atoms with Gasteiger partial charge in [-0.2, -0.15) is 0 Å². The highest BCUT2D eigenvalue weighted by Gasteiger charge is 2.04. The number of rotatable bonds is 4. The molecule has 0 unspecified atom stereocenters. The van der Waals surface area contributed by atoms with E-state index in [0.29, 0.717) is 11.4 Å². The van der Waals surface area contributed by atoms with Crippen LogP contribution in [0.15, 0.2) is 36.5 Å². The van der Waals surface area contributed by atoms with E-state index >= 15 is 0 Å². The van der Waals surface area contributed by atoms with Crippen molar-refractivity contribution in [1.29, 1.82) is 5.41 Å². The van der Waals surface area contributed by atoms with Crippen LogP contribution in [0, 0.1) is 11.2 Å². The van der Waals surface area contributed by atoms with Crippen molar-refractivity contribution in [1.82, 2.24) is 4.98 Å². The molecule has 1 aromatic heterocycles. The third-order valence-electron chi connectivity index (χ3n) is 2.40. The largest absolute Gasteiger partial charge is 0.489 e. The Morgan fingerprint density at radius 2 is 2.16 bits per heavy atom. The van der Waals surface area contributed by atoms with Crippen LogP contribution < -0.4 is 10.5 Å². The molecule has 1 aromatic carbocycles. The lowest BCUT2D eigenvalue weighted by molar-refractivity contribution is 0.304. The number of aromatic nitrogens is 1. The van der Waals surface area contributed by atoms with Crippen LogP contribution in [-0.4, -0.2) is 10.8 Å². The van der Waals surface area contributed by atoms with Crippen LogP contribution >= 0.6 is 11.6 Å². The average Bonchev–Trinajstić information content (AvgIpc) is 2.40. The van der Waals surface area contributed by atoms with E-state index in [9.17, 15) is 4.39 Å². The zero-order valence-corrected chi connectivity index (χ0v) is 10.6. The van der Waals surface area contributed by atoms with Gasteiger partial charge < -0.3 is 10.5 Å². The van der Waals surface area contributed by atoms with Crippen molar-refractivity contribution in [3.8, 4) is 5.75 Å². The fourth-order valence-electron chi connectivity index (χ4n) is 1.44. The summed E-state index contributed by atoms with van der Waals surface area (Å²) >= 11 is 5.58. The van der Waals surface area contributed by atoms with Crippen molar-refractivity contribution in [2.45, 2.75) is 6.61 Å². The van der Waals surface area contributed by atoms with Gasteiger partial charge in [-0.05, 0) is 29.8 Å². The summed E-state index contributed by atoms with van der Waals surface area (Å²) in [5.41, 5.74) is 6.51. The van der Waals surface area contributed by atoms with E-state index in [0.717, 1.165) is 5.56 Å². The molecule has 98 valence electrons. The van der Waals surface area contributed by atoms with Crippen LogP contribution in [0.1, 0.15) is 11.3 Å². The van der Waals surface area contributed by atoms with E-state index in [1.54, 1.807) is 18.2 Å². The van der Waals surface area contributed by atoms with Gasteiger partial charge in [-0.1, -0.05) is 11.6 Å². The van der Waals surface area contributed by atoms with Crippen LogP contribution in [0.5, 0.6) is 5.75 Å². The maximum absolute atomic E-state index is 13.2. The summed E-state index contributed by atoms with van der Waals surface area (Å²) in [6, 6.07) is 7.61. The summed E-state index contributed by atoms with van der Waals surface area (Å²) in [6.45, 7) is 0.226. The van der Waals surface area contributed by atoms with Crippen LogP contribution in [-0.2, 0) is 6.61 Å². The average molecular weight is 280 g/mol. The molecule has 2 aromatic rings. The summed E-state index contributed by atoms with van der Waals surface area (Å²) in [4.78, 5) is 3.94. The summed E-state index contributed by atoms with van der Waals surface area (Å²) in [6.07, 6.45) is 1.54. The quantitative estimate of drug-likeness (QED) is 0.668. The number of nitrogens with one attached hydrogen (secondary N) is 1. The van der Waals surface area contributed by atoms with Gasteiger partial charge in [-0.25, -0.2) is 4.39 Å². The molecule has 0 saturated carbocycles. The molecule has 4 nitrogen and oxygen atoms in total. The van der Waals surface area contributed by atoms with Crippen LogP contribution in [0.25, 0.3) is 0 Å². The molecular weight excluding hydrogens is 269 g/mol. The third kappa shape index (κ3) is 3.42. The highest BCUT2D eigenvalue weighted by Crippen LogP contribution is 2.21. The minimum atomic E-state index is -0.529. The Hall–Kier alpha value is -2.14. The molecule has 0 bridgehead atoms. The molecule has 0 aliphatic carbocycles. The van der Waals surface area contributed by atoms with Gasteiger partial charge >= 0.3 is 0 Å². The lowest BCUT2D eigenvalue weighted by atomic mass is 10.2. The molecule has 2 rings (SSSR count). The summed E-state index contributed by atoms with van der Waals surface area (Å²) < 4.78 is 18.6. The monoisotopic (exact) mass is 279 g/mol. The minimum absolute atomic E-state index is 0.0510. The number of nitrogens with two attached hydrogens (primary N) is 1. The van der Waals surface area contributed by atoms with Crippen molar-refractivity contribution in [3.05, 3.63) is 58.6 Å². The second kappa shape index (κ2) is 5.67. The number of hydrogen-bond donors (Lipinski definition) is 2. The van der Waals surface area contributed by atoms with Gasteiger partial charge in [0.15, 0.2) is 0 Å². The SMILES string of the molecule is N=C(N)c1cc(COc2ccc(Cl)c(F)c2)ccn1. The van der Waals surface area contributed by atoms with Gasteiger partial charge in [0.05, 0.1) is 5.02 Å². The molecule has 0 spiro atoms. The number of halogens is 2. The predicted molar refractivity (Wildman–Crippen MR) is 71.0 cm³/mol. The van der Waals surface area contributed by atoms with Crippen molar-refractivity contribution in [2.24, 2.45) is 5.73 Å². The van der Waals surface area contributed by atoms with Crippen LogP contribution in [0.3, 0.4) is 0 Å². The fraction of sp³-hybridized carbons (Fsp3) is 0.0769. The van der Waals surface area contributed by atoms with E-state index in [4.69, 9.17) is 27.5 Å². The molecular formula is C13H11ClFN3O. The zero-order valence-electron chi connectivity index (χ0n) is 9.86. The third-order valence-corrected chi connectivity index (χ3v) is 2.70. The number of hydrogen-bond acceptors (Lipinski definition) is 3. The number of pyridine rings is 1. The van der Waals surface area contributed by atoms with Gasteiger partial charge in [0, 0.05) is 12.3 Å². The molecule has 0 fully saturated rings. The van der Waals surface area contributed by atoms with Crippen LogP contribution in [0.2, 0.25) is 5.02 Å². The van der Waals surface area contributed by atoms with Crippen molar-refractivity contribution >= 4 is 17.4 Å². The molecule has 0 aliphatic heterocycles. The molecule has 0 aliphatic rings. The van der Waals surface area contributed by atoms with Gasteiger partial charge in [0.2, 0.25) is 0 Å². The van der Waals surface area contributed by atoms with Gasteiger partial charge in [-0.15, -0.1) is 0 Å². The van der Waals surface area contributed by atoms with Crippen molar-refractivity contribution < 1.29 is 9.13 Å². The lowest BCUT2D eigenvalue weighted by Gasteiger charge is -2.07. The first-order valence-electron chi connectivity index (χ1n) is 5.43. The number of nitrogens with zero attached hydrogens (tertiary/aromatic N) is 1. The molecule has 6 heteroatoms. The van der Waals surface area contributed by atoms with E-state index in [1.165, 1.54) is 18.3 Å². The number of ether oxygens (including phenoxy) is 1. The Bertz CT molecular complexity index is 619. The van der Waals surface area contributed by atoms with E-state index in [1.807, 2.05) is 0 Å². The zero-order chi connectivity index (χ0) is 13.8. The smallest absolute Gasteiger partial charge is 0.145 e. The minimum Gasteiger partial charge on any atom is -0.489 e. The predicted octanol–water partition coefficient (Wildman–Crippen LogP) is 2.74. The number of amidine groups is 1. The maximum Gasteiger partial charge on any atom is 0.145 e. The number of benzene rings is 1. The van der Waals surface area contributed by atoms with E-state index in [2.05, 4.69) is 4.98 Å². The Morgan fingerprint density at radius 1 is 1.37 bits per heavy atom.